The van der Waals surface area contributed by atoms with E-state index in [-0.39, 0.29) is 25.2 Å². The number of esters is 2. The van der Waals surface area contributed by atoms with Crippen LogP contribution in [0.25, 0.3) is 0 Å². The maximum absolute atomic E-state index is 13.1. The molecule has 0 bridgehead atoms. The molecular formula is C23H24N4O14-4. The first kappa shape index (κ1) is 30.1. The second-order valence-electron chi connectivity index (χ2n) is 9.15. The summed E-state index contributed by atoms with van der Waals surface area (Å²) in [6.07, 6.45) is -0.801. The Hall–Kier alpha value is -3.82. The minimum atomic E-state index is -1.42. The lowest BCUT2D eigenvalue weighted by Gasteiger charge is -2.46. The Morgan fingerprint density at radius 1 is 0.756 bits per heavy atom. The summed E-state index contributed by atoms with van der Waals surface area (Å²) < 4.78 is 22.7. The van der Waals surface area contributed by atoms with Gasteiger partial charge in [-0.05, 0) is 49.2 Å². The third kappa shape index (κ3) is 6.92. The maximum atomic E-state index is 13.1. The first-order valence-electron chi connectivity index (χ1n) is 12.0. The van der Waals surface area contributed by atoms with Gasteiger partial charge in [0.05, 0.1) is 35.7 Å². The molecule has 41 heavy (non-hydrogen) atoms. The predicted molar refractivity (Wildman–Crippen MR) is 135 cm³/mol. The summed E-state index contributed by atoms with van der Waals surface area (Å²) in [5.74, 6) is -3.60. The fraction of sp³-hybridized carbons (Fsp3) is 0.391. The summed E-state index contributed by atoms with van der Waals surface area (Å²) >= 11 is 0. The highest BCUT2D eigenvalue weighted by molar-refractivity contribution is 5.93. The molecule has 4 N–H and O–H groups in total. The van der Waals surface area contributed by atoms with Crippen LogP contribution >= 0.6 is 0 Å². The van der Waals surface area contributed by atoms with Crippen molar-refractivity contribution in [2.75, 3.05) is 34.1 Å². The molecule has 3 atom stereocenters. The number of anilines is 4. The molecule has 2 heterocycles. The van der Waals surface area contributed by atoms with Crippen LogP contribution in [0.15, 0.2) is 36.4 Å². The van der Waals surface area contributed by atoms with Gasteiger partial charge in [0.15, 0.2) is 6.10 Å². The lowest BCUT2D eigenvalue weighted by atomic mass is 9.93. The topological polar surface area (TPSA) is 257 Å². The molecule has 4 rings (SSSR count). The van der Waals surface area contributed by atoms with E-state index in [0.29, 0.717) is 19.3 Å². The number of hydrogen-bond donors (Lipinski definition) is 4. The molecule has 0 amide bonds. The van der Waals surface area contributed by atoms with E-state index in [1.165, 1.54) is 0 Å². The summed E-state index contributed by atoms with van der Waals surface area (Å²) in [6, 6.07) is 5.24. The Labute approximate surface area is 230 Å². The third-order valence-corrected chi connectivity index (χ3v) is 6.43. The van der Waals surface area contributed by atoms with E-state index in [1.54, 1.807) is 0 Å². The molecule has 0 unspecified atom stereocenters. The molecular weight excluding hydrogens is 556 g/mol. The standard InChI is InChI=1S/C23H24N4O14/c28-21(13-5-15(24(30)31)9-16(6-13)25(32)33)40-19-11-20(23(39-12-19)3-1-2-4-38-23)41-22(29)14-7-17(26(34)35)10-18(8-14)27(36)37/h5-10,19-20,30-31,34-35H,1-4,11-12H2/q-4/t19-,20-,23-/m0/s1. The van der Waals surface area contributed by atoms with Gasteiger partial charge in [-0.25, -0.2) is 9.59 Å². The number of benzene rings is 2. The van der Waals surface area contributed by atoms with Crippen LogP contribution < -0.4 is 20.9 Å². The summed E-state index contributed by atoms with van der Waals surface area (Å²) in [5.41, 5.74) is -2.99. The lowest BCUT2D eigenvalue weighted by Crippen LogP contribution is -2.57. The molecule has 0 aromatic heterocycles. The van der Waals surface area contributed by atoms with Crippen LogP contribution in [-0.2, 0) is 18.9 Å². The normalized spacial score (nSPS) is 22.1. The molecule has 0 radical (unpaired) electrons. The number of rotatable bonds is 8. The molecule has 18 heteroatoms. The average Bonchev–Trinajstić information content (AvgIpc) is 2.94. The van der Waals surface area contributed by atoms with Crippen molar-refractivity contribution in [1.82, 2.24) is 0 Å². The predicted octanol–water partition coefficient (Wildman–Crippen LogP) is 2.53. The number of carbonyl (C=O) groups is 2. The summed E-state index contributed by atoms with van der Waals surface area (Å²) in [7, 11) is 0. The monoisotopic (exact) mass is 580 g/mol. The number of ether oxygens (including phenoxy) is 4. The van der Waals surface area contributed by atoms with Crippen LogP contribution in [0.5, 0.6) is 0 Å². The van der Waals surface area contributed by atoms with Gasteiger partial charge in [0.25, 0.3) is 0 Å². The van der Waals surface area contributed by atoms with Crippen LogP contribution in [-0.4, -0.2) is 64.0 Å². The minimum absolute atomic E-state index is 0.167. The van der Waals surface area contributed by atoms with Crippen molar-refractivity contribution < 1.29 is 49.4 Å². The fourth-order valence-corrected chi connectivity index (χ4v) is 4.48. The second-order valence-corrected chi connectivity index (χ2v) is 9.15. The Balaban J connectivity index is 1.56. The van der Waals surface area contributed by atoms with Gasteiger partial charge in [0, 0.05) is 24.2 Å². The molecule has 2 saturated heterocycles. The average molecular weight is 580 g/mol. The zero-order valence-corrected chi connectivity index (χ0v) is 21.0. The Kier molecular flexibility index (Phi) is 9.09. The van der Waals surface area contributed by atoms with Crippen molar-refractivity contribution in [2.24, 2.45) is 0 Å². The van der Waals surface area contributed by atoms with E-state index in [9.17, 15) is 51.2 Å². The zero-order chi connectivity index (χ0) is 29.9. The summed E-state index contributed by atoms with van der Waals surface area (Å²) in [4.78, 5) is 25.9. The van der Waals surface area contributed by atoms with Crippen molar-refractivity contribution in [2.45, 2.75) is 43.7 Å². The van der Waals surface area contributed by atoms with Crippen molar-refractivity contribution in [3.05, 3.63) is 68.4 Å². The van der Waals surface area contributed by atoms with Crippen molar-refractivity contribution in [3.8, 4) is 0 Å². The molecule has 2 aromatic carbocycles. The van der Waals surface area contributed by atoms with Crippen LogP contribution in [0.1, 0.15) is 46.4 Å². The molecule has 2 aromatic rings. The molecule has 2 aliphatic heterocycles. The molecule has 0 saturated carbocycles. The number of hydrogen-bond acceptors (Lipinski definition) is 18. The molecule has 18 nitrogen and oxygen atoms in total. The van der Waals surface area contributed by atoms with Crippen molar-refractivity contribution in [1.29, 1.82) is 0 Å². The molecule has 1 spiro atoms. The highest BCUT2D eigenvalue weighted by atomic mass is 16.8. The fourth-order valence-electron chi connectivity index (χ4n) is 4.48. The van der Waals surface area contributed by atoms with Gasteiger partial charge in [0.1, 0.15) is 6.10 Å². The van der Waals surface area contributed by atoms with E-state index < -0.39 is 79.2 Å². The first-order chi connectivity index (χ1) is 19.4. The molecule has 2 aliphatic rings. The zero-order valence-electron chi connectivity index (χ0n) is 21.0. The second kappa shape index (κ2) is 12.4. The van der Waals surface area contributed by atoms with Crippen molar-refractivity contribution in [3.63, 3.8) is 0 Å². The smallest absolute Gasteiger partial charge is 0.338 e. The van der Waals surface area contributed by atoms with Crippen LogP contribution in [0.4, 0.5) is 22.7 Å². The van der Waals surface area contributed by atoms with E-state index in [1.807, 2.05) is 0 Å². The largest absolute Gasteiger partial charge is 0.769 e. The summed E-state index contributed by atoms with van der Waals surface area (Å²) in [6.45, 7) is 0.0529. The van der Waals surface area contributed by atoms with Gasteiger partial charge >= 0.3 is 11.9 Å². The van der Waals surface area contributed by atoms with Gasteiger partial charge in [0.2, 0.25) is 5.79 Å². The highest BCUT2D eigenvalue weighted by Crippen LogP contribution is 2.38. The third-order valence-electron chi connectivity index (χ3n) is 6.43. The molecule has 0 aliphatic carbocycles. The van der Waals surface area contributed by atoms with Gasteiger partial charge in [-0.1, -0.05) is 0 Å². The van der Waals surface area contributed by atoms with E-state index in [0.717, 1.165) is 36.4 Å². The van der Waals surface area contributed by atoms with Gasteiger partial charge < -0.3 is 50.2 Å². The van der Waals surface area contributed by atoms with E-state index in [4.69, 9.17) is 18.9 Å². The van der Waals surface area contributed by atoms with Crippen LogP contribution in [0, 0.1) is 20.8 Å². The maximum Gasteiger partial charge on any atom is 0.338 e. The number of carbonyl (C=O) groups excluding carboxylic acids is 2. The molecule has 224 valence electrons. The lowest BCUT2D eigenvalue weighted by molar-refractivity contribution is -0.326. The van der Waals surface area contributed by atoms with Crippen LogP contribution in [0.3, 0.4) is 0 Å². The van der Waals surface area contributed by atoms with Gasteiger partial charge in [-0.15, -0.1) is 10.5 Å². The summed E-state index contributed by atoms with van der Waals surface area (Å²) in [5, 5.41) is 79.7. The van der Waals surface area contributed by atoms with Crippen molar-refractivity contribution >= 4 is 34.7 Å². The van der Waals surface area contributed by atoms with E-state index >= 15 is 0 Å². The molecule has 2 fully saturated rings. The quantitative estimate of drug-likeness (QED) is 0.258. The van der Waals surface area contributed by atoms with Gasteiger partial charge in [-0.2, -0.15) is 0 Å². The first-order valence-corrected chi connectivity index (χ1v) is 12.0. The Morgan fingerprint density at radius 2 is 1.27 bits per heavy atom. The minimum Gasteiger partial charge on any atom is -0.769 e. The SMILES string of the molecule is O=C(O[C@@H]1CO[C@@]2(CCCCO2)[C@@H](OC(=O)c2cc(N([O-])[O-])cc(N(O)O)c2)C1)c1cc(N([O-])[O-])cc(N(O)O)c1. The highest BCUT2D eigenvalue weighted by Gasteiger charge is 2.50. The van der Waals surface area contributed by atoms with E-state index in [2.05, 4.69) is 0 Å². The van der Waals surface area contributed by atoms with Gasteiger partial charge in [-0.3, -0.25) is 20.8 Å². The Morgan fingerprint density at radius 3 is 1.73 bits per heavy atom. The Bertz CT molecular complexity index is 1200. The van der Waals surface area contributed by atoms with Crippen LogP contribution in [0.2, 0.25) is 0 Å². The number of nitrogens with zero attached hydrogens (tertiary/aromatic N) is 4.